The number of carbonyl (C=O) groups excluding carboxylic acids is 3. The van der Waals surface area contributed by atoms with Crippen molar-refractivity contribution in [2.24, 2.45) is 0 Å². The maximum Gasteiger partial charge on any atom is 0.360 e. The highest BCUT2D eigenvalue weighted by Crippen LogP contribution is 2.40. The number of rotatable bonds is 10. The first-order chi connectivity index (χ1) is 19.2. The summed E-state index contributed by atoms with van der Waals surface area (Å²) in [7, 11) is 0. The first-order valence-corrected chi connectivity index (χ1v) is 13.4. The fraction of sp³-hybridized carbons (Fsp3) is 0.276. The third kappa shape index (κ3) is 5.78. The number of amides is 1. The maximum absolute atomic E-state index is 13.8. The Balaban J connectivity index is 1.77. The third-order valence-corrected chi connectivity index (χ3v) is 7.25. The number of ether oxygens (including phenoxy) is 2. The lowest BCUT2D eigenvalue weighted by Gasteiger charge is -2.36. The number of esters is 2. The van der Waals surface area contributed by atoms with Gasteiger partial charge in [-0.15, -0.1) is 0 Å². The van der Waals surface area contributed by atoms with Crippen LogP contribution in [0.2, 0.25) is 5.02 Å². The number of anilines is 1. The average Bonchev–Trinajstić information content (AvgIpc) is 3.53. The van der Waals surface area contributed by atoms with E-state index in [-0.39, 0.29) is 41.5 Å². The molecule has 0 saturated carbocycles. The van der Waals surface area contributed by atoms with Gasteiger partial charge in [-0.3, -0.25) is 4.79 Å². The number of nitrogens with zero attached hydrogens (tertiary/aromatic N) is 1. The van der Waals surface area contributed by atoms with Crippen LogP contribution < -0.4 is 10.6 Å². The van der Waals surface area contributed by atoms with E-state index in [0.717, 1.165) is 12.0 Å². The molecule has 1 aliphatic rings. The van der Waals surface area contributed by atoms with Crippen molar-refractivity contribution in [1.82, 2.24) is 10.3 Å². The zero-order valence-corrected chi connectivity index (χ0v) is 23.7. The van der Waals surface area contributed by atoms with Gasteiger partial charge in [-0.2, -0.15) is 0 Å². The molecule has 0 bridgehead atoms. The molecular weight excluding hydrogens is 554 g/mol. The van der Waals surface area contributed by atoms with Crippen LogP contribution in [0.3, 0.4) is 0 Å². The van der Waals surface area contributed by atoms with Gasteiger partial charge in [0.1, 0.15) is 5.76 Å². The largest absolute Gasteiger partial charge is 0.464 e. The highest BCUT2D eigenvalue weighted by molar-refractivity contribution is 7.81. The lowest BCUT2D eigenvalue weighted by molar-refractivity contribution is -0.148. The summed E-state index contributed by atoms with van der Waals surface area (Å²) in [5, 5.41) is 6.41. The minimum atomic E-state index is -1.70. The molecule has 208 valence electrons. The summed E-state index contributed by atoms with van der Waals surface area (Å²) in [5.74, 6) is -2.46. The van der Waals surface area contributed by atoms with Crippen LogP contribution >= 0.6 is 23.8 Å². The zero-order valence-electron chi connectivity index (χ0n) is 22.2. The van der Waals surface area contributed by atoms with Gasteiger partial charge in [-0.25, -0.2) is 14.6 Å². The van der Waals surface area contributed by atoms with Gasteiger partial charge in [0, 0.05) is 29.2 Å². The first-order valence-electron chi connectivity index (χ1n) is 12.6. The summed E-state index contributed by atoms with van der Waals surface area (Å²) in [4.78, 5) is 43.8. The van der Waals surface area contributed by atoms with Crippen LogP contribution in [0, 0.1) is 6.92 Å². The van der Waals surface area contributed by atoms with Gasteiger partial charge in [0.2, 0.25) is 0 Å². The molecular formula is C29H28ClN3O6S. The van der Waals surface area contributed by atoms with Gasteiger partial charge in [0.05, 0.1) is 23.7 Å². The summed E-state index contributed by atoms with van der Waals surface area (Å²) in [6.07, 6.45) is 2.54. The van der Waals surface area contributed by atoms with Crippen LogP contribution in [-0.4, -0.2) is 46.4 Å². The number of benzene rings is 2. The van der Waals surface area contributed by atoms with E-state index in [1.54, 1.807) is 44.2 Å². The quantitative estimate of drug-likeness (QED) is 0.253. The fourth-order valence-corrected chi connectivity index (χ4v) is 5.16. The molecule has 1 aliphatic heterocycles. The molecule has 1 aromatic heterocycles. The molecule has 2 heterocycles. The molecule has 3 aromatic rings. The first kappa shape index (κ1) is 29.0. The van der Waals surface area contributed by atoms with E-state index in [0.29, 0.717) is 16.3 Å². The Labute approximate surface area is 241 Å². The molecule has 0 saturated heterocycles. The van der Waals surface area contributed by atoms with Gasteiger partial charge < -0.3 is 24.5 Å². The lowest BCUT2D eigenvalue weighted by Crippen LogP contribution is -2.58. The van der Waals surface area contributed by atoms with E-state index in [2.05, 4.69) is 15.6 Å². The van der Waals surface area contributed by atoms with Crippen molar-refractivity contribution in [2.75, 3.05) is 18.5 Å². The van der Waals surface area contributed by atoms with Crippen LogP contribution in [0.25, 0.3) is 0 Å². The molecule has 0 spiro atoms. The van der Waals surface area contributed by atoms with Crippen LogP contribution in [0.1, 0.15) is 47.1 Å². The molecule has 2 N–H and O–H groups in total. The second-order valence-electron chi connectivity index (χ2n) is 9.04. The standard InChI is InChI=1S/C29H28ClN3O6S/c1-4-37-27(35)24-23(39-16-31-24)14-22(18-9-11-19(30)12-10-18)29(28(36)38-5-2)25(40)21(15-32-29)26(34)33-20-8-6-7-17(3)13-20/h6-13,15-16,22,32H,4-5,14H2,1-3H3,(H,33,34)/t22-,29+/m0/s1. The van der Waals surface area contributed by atoms with E-state index in [1.165, 1.54) is 6.20 Å². The van der Waals surface area contributed by atoms with E-state index >= 15 is 0 Å². The Hall–Kier alpha value is -4.02. The Morgan fingerprint density at radius 1 is 1.12 bits per heavy atom. The number of oxazole rings is 1. The van der Waals surface area contributed by atoms with Crippen LogP contribution in [0.15, 0.2) is 71.1 Å². The van der Waals surface area contributed by atoms with Gasteiger partial charge in [0.25, 0.3) is 5.91 Å². The fourth-order valence-electron chi connectivity index (χ4n) is 4.60. The van der Waals surface area contributed by atoms with E-state index < -0.39 is 29.3 Å². The van der Waals surface area contributed by atoms with Gasteiger partial charge in [-0.1, -0.05) is 48.1 Å². The smallest absolute Gasteiger partial charge is 0.360 e. The number of aromatic nitrogens is 1. The number of aryl methyl sites for hydroxylation is 1. The summed E-state index contributed by atoms with van der Waals surface area (Å²) >= 11 is 12.0. The highest BCUT2D eigenvalue weighted by Gasteiger charge is 2.56. The van der Waals surface area contributed by atoms with Crippen molar-refractivity contribution in [3.63, 3.8) is 0 Å². The van der Waals surface area contributed by atoms with Crippen molar-refractivity contribution < 1.29 is 28.3 Å². The molecule has 40 heavy (non-hydrogen) atoms. The second-order valence-corrected chi connectivity index (χ2v) is 9.88. The minimum Gasteiger partial charge on any atom is -0.464 e. The Kier molecular flexibility index (Phi) is 9.01. The van der Waals surface area contributed by atoms with E-state index in [1.807, 2.05) is 25.1 Å². The van der Waals surface area contributed by atoms with Gasteiger partial charge in [-0.05, 0) is 56.2 Å². The molecule has 0 aliphatic carbocycles. The number of hydrogen-bond acceptors (Lipinski definition) is 9. The molecule has 2 aromatic carbocycles. The average molecular weight is 582 g/mol. The summed E-state index contributed by atoms with van der Waals surface area (Å²) in [6, 6.07) is 14.1. The van der Waals surface area contributed by atoms with E-state index in [4.69, 9.17) is 37.7 Å². The normalized spacial score (nSPS) is 17.0. The monoisotopic (exact) mass is 581 g/mol. The highest BCUT2D eigenvalue weighted by atomic mass is 35.5. The molecule has 0 fully saturated rings. The number of carbonyl (C=O) groups is 3. The predicted octanol–water partition coefficient (Wildman–Crippen LogP) is 4.94. The zero-order chi connectivity index (χ0) is 28.9. The Bertz CT molecular complexity index is 1470. The summed E-state index contributed by atoms with van der Waals surface area (Å²) < 4.78 is 16.2. The van der Waals surface area contributed by atoms with Gasteiger partial charge >= 0.3 is 11.9 Å². The van der Waals surface area contributed by atoms with Crippen molar-refractivity contribution in [1.29, 1.82) is 0 Å². The SMILES string of the molecule is CCOC(=O)c1ncoc1C[C@@H](c1ccc(Cl)cc1)[C@@]1(C(=O)OCC)NC=C(C(=O)Nc2cccc(C)c2)C1=S. The van der Waals surface area contributed by atoms with Crippen LogP contribution in [0.4, 0.5) is 5.69 Å². The number of halogens is 1. The van der Waals surface area contributed by atoms with Crippen molar-refractivity contribution in [2.45, 2.75) is 38.6 Å². The molecule has 11 heteroatoms. The van der Waals surface area contributed by atoms with Crippen molar-refractivity contribution in [3.05, 3.63) is 94.3 Å². The van der Waals surface area contributed by atoms with Gasteiger partial charge in [0.15, 0.2) is 17.6 Å². The summed E-state index contributed by atoms with van der Waals surface area (Å²) in [5.41, 5.74) is 0.564. The van der Waals surface area contributed by atoms with Crippen LogP contribution in [0.5, 0.6) is 0 Å². The Morgan fingerprint density at radius 3 is 2.52 bits per heavy atom. The second kappa shape index (κ2) is 12.4. The predicted molar refractivity (Wildman–Crippen MR) is 153 cm³/mol. The molecule has 2 atom stereocenters. The Morgan fingerprint density at radius 2 is 1.85 bits per heavy atom. The molecule has 4 rings (SSSR count). The maximum atomic E-state index is 13.8. The molecule has 0 unspecified atom stereocenters. The van der Waals surface area contributed by atoms with E-state index in [9.17, 15) is 14.4 Å². The molecule has 9 nitrogen and oxygen atoms in total. The number of nitrogens with one attached hydrogen (secondary N) is 2. The number of thiocarbonyl (C=S) groups is 1. The molecule has 1 amide bonds. The summed E-state index contributed by atoms with van der Waals surface area (Å²) in [6.45, 7) is 5.48. The molecule has 0 radical (unpaired) electrons. The van der Waals surface area contributed by atoms with Crippen molar-refractivity contribution in [3.8, 4) is 0 Å². The number of hydrogen-bond donors (Lipinski definition) is 2. The van der Waals surface area contributed by atoms with Crippen LogP contribution in [-0.2, 0) is 25.5 Å². The van der Waals surface area contributed by atoms with Crippen molar-refractivity contribution >= 4 is 52.2 Å². The lowest BCUT2D eigenvalue weighted by atomic mass is 9.74. The topological polar surface area (TPSA) is 120 Å². The minimum absolute atomic E-state index is 0.0116. The third-order valence-electron chi connectivity index (χ3n) is 6.46.